The molecular formula is C22H26N4O2S. The highest BCUT2D eigenvalue weighted by Crippen LogP contribution is 2.38. The summed E-state index contributed by atoms with van der Waals surface area (Å²) in [6.07, 6.45) is 4.55. The van der Waals surface area contributed by atoms with Crippen LogP contribution >= 0.6 is 11.3 Å². The van der Waals surface area contributed by atoms with E-state index in [4.69, 9.17) is 4.98 Å². The lowest BCUT2D eigenvalue weighted by atomic mass is 9.85. The van der Waals surface area contributed by atoms with Gasteiger partial charge in [-0.05, 0) is 18.9 Å². The van der Waals surface area contributed by atoms with Gasteiger partial charge in [0, 0.05) is 25.7 Å². The molecule has 0 unspecified atom stereocenters. The van der Waals surface area contributed by atoms with Gasteiger partial charge in [0.05, 0.1) is 22.7 Å². The van der Waals surface area contributed by atoms with Crippen molar-refractivity contribution < 1.29 is 5.11 Å². The molecule has 1 aliphatic rings. The highest BCUT2D eigenvalue weighted by molar-refractivity contribution is 7.19. The number of thiazole rings is 1. The van der Waals surface area contributed by atoms with E-state index < -0.39 is 5.60 Å². The van der Waals surface area contributed by atoms with Crippen molar-refractivity contribution in [1.29, 1.82) is 0 Å². The van der Waals surface area contributed by atoms with E-state index >= 15 is 0 Å². The third-order valence-corrected chi connectivity index (χ3v) is 6.62. The van der Waals surface area contributed by atoms with Crippen molar-refractivity contribution in [3.05, 3.63) is 52.8 Å². The average Bonchev–Trinajstić information content (AvgIpc) is 3.17. The first kappa shape index (κ1) is 19.8. The topological polar surface area (TPSA) is 71.2 Å². The lowest BCUT2D eigenvalue weighted by Crippen LogP contribution is -2.40. The van der Waals surface area contributed by atoms with Crippen LogP contribution in [0.1, 0.15) is 32.1 Å². The zero-order valence-electron chi connectivity index (χ0n) is 16.8. The second-order valence-corrected chi connectivity index (χ2v) is 8.91. The van der Waals surface area contributed by atoms with Gasteiger partial charge in [-0.3, -0.25) is 4.79 Å². The second kappa shape index (κ2) is 8.08. The summed E-state index contributed by atoms with van der Waals surface area (Å²) < 4.78 is 1.42. The molecular weight excluding hydrogens is 384 g/mol. The standard InChI is InChI=1S/C22H26N4O2S/c1-25(2)21-23-19(16-9-5-3-6-10-16)20(29-21)17-11-12-18(27)26(24-17)15-22(28)13-7-4-8-14-22/h3,5-6,9-12,28H,4,7-8,13-15H2,1-2H3. The lowest BCUT2D eigenvalue weighted by molar-refractivity contribution is -0.0153. The Morgan fingerprint density at radius 3 is 2.52 bits per heavy atom. The van der Waals surface area contributed by atoms with Gasteiger partial charge in [-0.2, -0.15) is 5.10 Å². The molecule has 7 heteroatoms. The third-order valence-electron chi connectivity index (χ3n) is 5.37. The van der Waals surface area contributed by atoms with E-state index in [9.17, 15) is 9.90 Å². The smallest absolute Gasteiger partial charge is 0.266 e. The van der Waals surface area contributed by atoms with E-state index in [2.05, 4.69) is 5.10 Å². The first-order valence-electron chi connectivity index (χ1n) is 10.00. The summed E-state index contributed by atoms with van der Waals surface area (Å²) in [7, 11) is 3.93. The third kappa shape index (κ3) is 4.26. The molecule has 3 aromatic rings. The van der Waals surface area contributed by atoms with Crippen LogP contribution in [0.3, 0.4) is 0 Å². The Bertz CT molecular complexity index is 1040. The van der Waals surface area contributed by atoms with Gasteiger partial charge >= 0.3 is 0 Å². The molecule has 1 N–H and O–H groups in total. The number of rotatable bonds is 5. The highest BCUT2D eigenvalue weighted by Gasteiger charge is 2.30. The minimum absolute atomic E-state index is 0.189. The minimum atomic E-state index is -0.849. The molecule has 0 bridgehead atoms. The zero-order chi connectivity index (χ0) is 20.4. The largest absolute Gasteiger partial charge is 0.388 e. The SMILES string of the molecule is CN(C)c1nc(-c2ccccc2)c(-c2ccc(=O)n(CC3(O)CCCCC3)n2)s1. The number of aromatic nitrogens is 3. The minimum Gasteiger partial charge on any atom is -0.388 e. The van der Waals surface area contributed by atoms with Crippen LogP contribution in [0.15, 0.2) is 47.3 Å². The van der Waals surface area contributed by atoms with Crippen LogP contribution in [0, 0.1) is 0 Å². The fourth-order valence-electron chi connectivity index (χ4n) is 3.80. The summed E-state index contributed by atoms with van der Waals surface area (Å²) in [4.78, 5) is 20.2. The van der Waals surface area contributed by atoms with Crippen LogP contribution in [0.5, 0.6) is 0 Å². The summed E-state index contributed by atoms with van der Waals surface area (Å²) in [5.41, 5.74) is 1.53. The maximum absolute atomic E-state index is 12.5. The van der Waals surface area contributed by atoms with Crippen LogP contribution in [0.2, 0.25) is 0 Å². The van der Waals surface area contributed by atoms with Gasteiger partial charge in [-0.25, -0.2) is 9.67 Å². The van der Waals surface area contributed by atoms with E-state index in [1.165, 1.54) is 4.68 Å². The van der Waals surface area contributed by atoms with Gasteiger partial charge in [0.15, 0.2) is 5.13 Å². The van der Waals surface area contributed by atoms with E-state index in [1.54, 1.807) is 23.5 Å². The van der Waals surface area contributed by atoms with E-state index in [0.717, 1.165) is 40.5 Å². The molecule has 0 spiro atoms. The number of hydrogen-bond donors (Lipinski definition) is 1. The molecule has 1 aliphatic carbocycles. The van der Waals surface area contributed by atoms with E-state index in [0.29, 0.717) is 18.5 Å². The summed E-state index contributed by atoms with van der Waals surface area (Å²) in [5, 5.41) is 16.4. The van der Waals surface area contributed by atoms with E-state index in [-0.39, 0.29) is 12.1 Å². The summed E-state index contributed by atoms with van der Waals surface area (Å²) in [6.45, 7) is 0.236. The number of hydrogen-bond acceptors (Lipinski definition) is 6. The number of benzene rings is 1. The zero-order valence-corrected chi connectivity index (χ0v) is 17.7. The molecule has 0 aliphatic heterocycles. The maximum Gasteiger partial charge on any atom is 0.266 e. The Morgan fingerprint density at radius 1 is 1.10 bits per heavy atom. The van der Waals surface area contributed by atoms with Crippen LogP contribution < -0.4 is 10.5 Å². The fourth-order valence-corrected chi connectivity index (χ4v) is 4.77. The van der Waals surface area contributed by atoms with Crippen molar-refractivity contribution in [2.24, 2.45) is 0 Å². The van der Waals surface area contributed by atoms with Gasteiger partial charge in [0.2, 0.25) is 0 Å². The van der Waals surface area contributed by atoms with Crippen molar-refractivity contribution in [3.63, 3.8) is 0 Å². The molecule has 0 radical (unpaired) electrons. The molecule has 1 saturated carbocycles. The summed E-state index contributed by atoms with van der Waals surface area (Å²) in [6, 6.07) is 13.3. The van der Waals surface area contributed by atoms with E-state index in [1.807, 2.05) is 49.3 Å². The van der Waals surface area contributed by atoms with Crippen LogP contribution in [0.4, 0.5) is 5.13 Å². The molecule has 1 aromatic carbocycles. The molecule has 2 heterocycles. The van der Waals surface area contributed by atoms with Gasteiger partial charge in [0.1, 0.15) is 5.69 Å². The molecule has 6 nitrogen and oxygen atoms in total. The van der Waals surface area contributed by atoms with Crippen molar-refractivity contribution in [1.82, 2.24) is 14.8 Å². The monoisotopic (exact) mass is 410 g/mol. The second-order valence-electron chi connectivity index (χ2n) is 7.93. The predicted molar refractivity (Wildman–Crippen MR) is 117 cm³/mol. The average molecular weight is 411 g/mol. The lowest BCUT2D eigenvalue weighted by Gasteiger charge is -2.31. The Balaban J connectivity index is 1.76. The molecule has 29 heavy (non-hydrogen) atoms. The van der Waals surface area contributed by atoms with Crippen LogP contribution in [-0.2, 0) is 6.54 Å². The number of nitrogens with zero attached hydrogens (tertiary/aromatic N) is 4. The van der Waals surface area contributed by atoms with Gasteiger partial charge in [-0.1, -0.05) is 60.9 Å². The molecule has 0 saturated heterocycles. The summed E-state index contributed by atoms with van der Waals surface area (Å²) in [5.74, 6) is 0. The molecule has 4 rings (SSSR count). The molecule has 152 valence electrons. The Hall–Kier alpha value is -2.51. The Kier molecular flexibility index (Phi) is 5.52. The van der Waals surface area contributed by atoms with Crippen molar-refractivity contribution in [2.75, 3.05) is 19.0 Å². The quantitative estimate of drug-likeness (QED) is 0.693. The summed E-state index contributed by atoms with van der Waals surface area (Å²) >= 11 is 1.55. The predicted octanol–water partition coefficient (Wildman–Crippen LogP) is 3.80. The van der Waals surface area contributed by atoms with Gasteiger partial charge < -0.3 is 10.0 Å². The van der Waals surface area contributed by atoms with Crippen molar-refractivity contribution in [2.45, 2.75) is 44.2 Å². The first-order chi connectivity index (χ1) is 14.0. The number of aliphatic hydroxyl groups is 1. The highest BCUT2D eigenvalue weighted by atomic mass is 32.1. The molecule has 0 amide bonds. The van der Waals surface area contributed by atoms with Crippen LogP contribution in [-0.4, -0.2) is 39.6 Å². The Morgan fingerprint density at radius 2 is 1.83 bits per heavy atom. The van der Waals surface area contributed by atoms with Gasteiger partial charge in [-0.15, -0.1) is 0 Å². The first-order valence-corrected chi connectivity index (χ1v) is 10.8. The van der Waals surface area contributed by atoms with Crippen molar-refractivity contribution in [3.8, 4) is 21.8 Å². The van der Waals surface area contributed by atoms with Crippen LogP contribution in [0.25, 0.3) is 21.8 Å². The molecule has 0 atom stereocenters. The fraction of sp³-hybridized carbons (Fsp3) is 0.409. The molecule has 1 fully saturated rings. The maximum atomic E-state index is 12.5. The molecule has 2 aromatic heterocycles. The van der Waals surface area contributed by atoms with Crippen molar-refractivity contribution >= 4 is 16.5 Å². The number of anilines is 1. The normalized spacial score (nSPS) is 16.0. The van der Waals surface area contributed by atoms with Gasteiger partial charge in [0.25, 0.3) is 5.56 Å². The Labute approximate surface area is 174 Å².